The van der Waals surface area contributed by atoms with Gasteiger partial charge in [0.2, 0.25) is 5.91 Å². The first-order valence-electron chi connectivity index (χ1n) is 9.92. The monoisotopic (exact) mass is 386 g/mol. The van der Waals surface area contributed by atoms with Crippen LogP contribution < -0.4 is 10.2 Å². The van der Waals surface area contributed by atoms with E-state index in [4.69, 9.17) is 0 Å². The van der Waals surface area contributed by atoms with E-state index >= 15 is 0 Å². The molecule has 1 saturated heterocycles. The summed E-state index contributed by atoms with van der Waals surface area (Å²) in [6.07, 6.45) is 6.01. The quantitative estimate of drug-likeness (QED) is 0.878. The Hall–Kier alpha value is -2.57. The van der Waals surface area contributed by atoms with E-state index in [1.165, 1.54) is 30.5 Å². The van der Waals surface area contributed by atoms with Crippen molar-refractivity contribution in [3.63, 3.8) is 0 Å². The summed E-state index contributed by atoms with van der Waals surface area (Å²) in [5, 5.41) is 11.8. The van der Waals surface area contributed by atoms with Crippen LogP contribution in [0.3, 0.4) is 0 Å². The molecule has 1 aromatic carbocycles. The average molecular weight is 386 g/mol. The predicted octanol–water partition coefficient (Wildman–Crippen LogP) is 2.96. The van der Waals surface area contributed by atoms with E-state index < -0.39 is 11.6 Å². The van der Waals surface area contributed by atoms with Crippen LogP contribution in [0.2, 0.25) is 0 Å². The molecule has 1 aliphatic heterocycles. The molecule has 28 heavy (non-hydrogen) atoms. The maximum absolute atomic E-state index is 13.7. The molecule has 2 aromatic rings. The Labute approximate surface area is 163 Å². The second kappa shape index (κ2) is 8.20. The Kier molecular flexibility index (Phi) is 5.50. The molecule has 0 radical (unpaired) electrons. The molecule has 7 heteroatoms. The second-order valence-corrected chi connectivity index (χ2v) is 7.62. The molecular formula is C21H24F2N4O. The molecule has 148 valence electrons. The lowest BCUT2D eigenvalue weighted by Gasteiger charge is -2.33. The van der Waals surface area contributed by atoms with Gasteiger partial charge in [0, 0.05) is 25.2 Å². The lowest BCUT2D eigenvalue weighted by atomic mass is 9.96. The highest BCUT2D eigenvalue weighted by atomic mass is 19.1. The molecule has 1 fully saturated rings. The maximum Gasteiger partial charge on any atom is 0.224 e. The van der Waals surface area contributed by atoms with Gasteiger partial charge in [0.1, 0.15) is 11.6 Å². The largest absolute Gasteiger partial charge is 0.355 e. The summed E-state index contributed by atoms with van der Waals surface area (Å²) in [5.74, 6) is -0.647. The van der Waals surface area contributed by atoms with Gasteiger partial charge >= 0.3 is 0 Å². The van der Waals surface area contributed by atoms with Gasteiger partial charge in [0.05, 0.1) is 12.1 Å². The first-order valence-corrected chi connectivity index (χ1v) is 9.92. The summed E-state index contributed by atoms with van der Waals surface area (Å²) < 4.78 is 26.7. The van der Waals surface area contributed by atoms with E-state index in [1.54, 1.807) is 0 Å². The number of hydrogen-bond donors (Lipinski definition) is 1. The highest BCUT2D eigenvalue weighted by Gasteiger charge is 2.23. The number of benzene rings is 1. The number of nitrogens with one attached hydrogen (secondary N) is 1. The lowest BCUT2D eigenvalue weighted by molar-refractivity contribution is -0.121. The van der Waals surface area contributed by atoms with E-state index in [1.807, 2.05) is 0 Å². The number of anilines is 1. The molecule has 0 saturated carbocycles. The van der Waals surface area contributed by atoms with Crippen molar-refractivity contribution in [2.45, 2.75) is 51.0 Å². The number of aryl methyl sites for hydroxylation is 2. The molecular weight excluding hydrogens is 362 g/mol. The van der Waals surface area contributed by atoms with Crippen LogP contribution in [-0.4, -0.2) is 35.2 Å². The third-order valence-corrected chi connectivity index (χ3v) is 5.61. The standard InChI is InChI=1S/C21H24F2N4O/c22-16-6-5-14(18(23)13-16)12-21(28)24-17-7-9-27(10-8-17)20-11-15-3-1-2-4-19(15)25-26-20/h5-6,11,13,17H,1-4,7-10,12H2,(H,24,28). The number of halogens is 2. The summed E-state index contributed by atoms with van der Waals surface area (Å²) in [4.78, 5) is 14.4. The van der Waals surface area contributed by atoms with Crippen LogP contribution in [0.15, 0.2) is 24.3 Å². The fourth-order valence-corrected chi connectivity index (χ4v) is 4.00. The Morgan fingerprint density at radius 3 is 2.68 bits per heavy atom. The molecule has 0 bridgehead atoms. The Bertz CT molecular complexity index is 865. The van der Waals surface area contributed by atoms with Gasteiger partial charge in [0.15, 0.2) is 5.82 Å². The van der Waals surface area contributed by atoms with Gasteiger partial charge in [-0.05, 0) is 61.8 Å². The van der Waals surface area contributed by atoms with Crippen molar-refractivity contribution in [1.82, 2.24) is 15.5 Å². The molecule has 1 N–H and O–H groups in total. The first kappa shape index (κ1) is 18.8. The molecule has 0 unspecified atom stereocenters. The summed E-state index contributed by atoms with van der Waals surface area (Å²) in [6, 6.07) is 5.52. The number of hydrogen-bond acceptors (Lipinski definition) is 4. The minimum atomic E-state index is -0.684. The number of carbonyl (C=O) groups is 1. The molecule has 2 heterocycles. The van der Waals surface area contributed by atoms with Crippen LogP contribution in [0.25, 0.3) is 0 Å². The lowest BCUT2D eigenvalue weighted by Crippen LogP contribution is -2.45. The third kappa shape index (κ3) is 4.29. The number of fused-ring (bicyclic) bond motifs is 1. The summed E-state index contributed by atoms with van der Waals surface area (Å²) in [6.45, 7) is 1.59. The SMILES string of the molecule is O=C(Cc1ccc(F)cc1F)NC1CCN(c2cc3c(nn2)CCCC3)CC1. The Morgan fingerprint density at radius 1 is 1.11 bits per heavy atom. The zero-order valence-corrected chi connectivity index (χ0v) is 15.8. The van der Waals surface area contributed by atoms with Crippen molar-refractivity contribution in [3.05, 3.63) is 52.7 Å². The Balaban J connectivity index is 1.30. The van der Waals surface area contributed by atoms with Crippen LogP contribution in [0, 0.1) is 11.6 Å². The van der Waals surface area contributed by atoms with Crippen molar-refractivity contribution < 1.29 is 13.6 Å². The normalized spacial score (nSPS) is 17.3. The smallest absolute Gasteiger partial charge is 0.224 e. The molecule has 5 nitrogen and oxygen atoms in total. The van der Waals surface area contributed by atoms with Crippen molar-refractivity contribution in [2.75, 3.05) is 18.0 Å². The van der Waals surface area contributed by atoms with E-state index in [0.29, 0.717) is 0 Å². The van der Waals surface area contributed by atoms with Crippen LogP contribution in [0.5, 0.6) is 0 Å². The van der Waals surface area contributed by atoms with E-state index in [-0.39, 0.29) is 23.9 Å². The minimum absolute atomic E-state index is 0.0536. The van der Waals surface area contributed by atoms with Gasteiger partial charge in [-0.2, -0.15) is 5.10 Å². The van der Waals surface area contributed by atoms with Gasteiger partial charge in [-0.15, -0.1) is 5.10 Å². The number of aromatic nitrogens is 2. The zero-order chi connectivity index (χ0) is 19.5. The summed E-state index contributed by atoms with van der Waals surface area (Å²) in [5.41, 5.74) is 2.65. The molecule has 1 aliphatic carbocycles. The van der Waals surface area contributed by atoms with Crippen LogP contribution >= 0.6 is 0 Å². The molecule has 4 rings (SSSR count). The Morgan fingerprint density at radius 2 is 1.89 bits per heavy atom. The molecule has 1 aromatic heterocycles. The van der Waals surface area contributed by atoms with Crippen LogP contribution in [0.4, 0.5) is 14.6 Å². The molecule has 0 spiro atoms. The topological polar surface area (TPSA) is 58.1 Å². The van der Waals surface area contributed by atoms with Crippen molar-refractivity contribution >= 4 is 11.7 Å². The minimum Gasteiger partial charge on any atom is -0.355 e. The number of carbonyl (C=O) groups excluding carboxylic acids is 1. The third-order valence-electron chi connectivity index (χ3n) is 5.61. The highest BCUT2D eigenvalue weighted by Crippen LogP contribution is 2.24. The van der Waals surface area contributed by atoms with Gasteiger partial charge in [-0.3, -0.25) is 4.79 Å². The summed E-state index contributed by atoms with van der Waals surface area (Å²) in [7, 11) is 0. The fourth-order valence-electron chi connectivity index (χ4n) is 4.00. The molecule has 2 aliphatic rings. The van der Waals surface area contributed by atoms with Gasteiger partial charge in [0.25, 0.3) is 0 Å². The van der Waals surface area contributed by atoms with Crippen molar-refractivity contribution in [2.24, 2.45) is 0 Å². The van der Waals surface area contributed by atoms with Crippen molar-refractivity contribution in [3.8, 4) is 0 Å². The van der Waals surface area contributed by atoms with E-state index in [2.05, 4.69) is 26.5 Å². The molecule has 0 atom stereocenters. The predicted molar refractivity (Wildman–Crippen MR) is 102 cm³/mol. The number of rotatable bonds is 4. The maximum atomic E-state index is 13.7. The van der Waals surface area contributed by atoms with Gasteiger partial charge < -0.3 is 10.2 Å². The van der Waals surface area contributed by atoms with Crippen LogP contribution in [0.1, 0.15) is 42.5 Å². The first-order chi connectivity index (χ1) is 13.6. The summed E-state index contributed by atoms with van der Waals surface area (Å²) >= 11 is 0. The average Bonchev–Trinajstić information content (AvgIpc) is 2.70. The zero-order valence-electron chi connectivity index (χ0n) is 15.8. The van der Waals surface area contributed by atoms with Crippen molar-refractivity contribution in [1.29, 1.82) is 0 Å². The van der Waals surface area contributed by atoms with Gasteiger partial charge in [-0.1, -0.05) is 6.07 Å². The highest BCUT2D eigenvalue weighted by molar-refractivity contribution is 5.79. The van der Waals surface area contributed by atoms with E-state index in [9.17, 15) is 13.6 Å². The second-order valence-electron chi connectivity index (χ2n) is 7.62. The fraction of sp³-hybridized carbons (Fsp3) is 0.476. The number of nitrogens with zero attached hydrogens (tertiary/aromatic N) is 3. The van der Waals surface area contributed by atoms with Crippen LogP contribution in [-0.2, 0) is 24.1 Å². The number of amides is 1. The number of piperidine rings is 1. The van der Waals surface area contributed by atoms with E-state index in [0.717, 1.165) is 56.4 Å². The van der Waals surface area contributed by atoms with Gasteiger partial charge in [-0.25, -0.2) is 8.78 Å². The molecule has 1 amide bonds.